The maximum atomic E-state index is 12.5. The van der Waals surface area contributed by atoms with Crippen molar-refractivity contribution in [3.63, 3.8) is 0 Å². The number of hydroxylamine groups is 1. The van der Waals surface area contributed by atoms with E-state index in [0.717, 1.165) is 6.07 Å². The van der Waals surface area contributed by atoms with Gasteiger partial charge in [0.1, 0.15) is 12.2 Å². The van der Waals surface area contributed by atoms with E-state index in [-0.39, 0.29) is 5.69 Å². The van der Waals surface area contributed by atoms with Gasteiger partial charge in [-0.05, 0) is 12.1 Å². The lowest BCUT2D eigenvalue weighted by molar-refractivity contribution is -0.384. The Morgan fingerprint density at radius 3 is 2.60 bits per heavy atom. The molecule has 0 heterocycles. The van der Waals surface area contributed by atoms with E-state index >= 15 is 0 Å². The Balaban J connectivity index is 2.97. The highest BCUT2D eigenvalue weighted by Crippen LogP contribution is 2.34. The van der Waals surface area contributed by atoms with Gasteiger partial charge in [-0.15, -0.1) is 0 Å². The summed E-state index contributed by atoms with van der Waals surface area (Å²) >= 11 is 0. The minimum absolute atomic E-state index is 0.212. The average molecular weight is 293 g/mol. The molecule has 0 amide bonds. The first-order chi connectivity index (χ1) is 9.25. The van der Waals surface area contributed by atoms with Crippen molar-refractivity contribution in [1.29, 1.82) is 0 Å². The normalized spacial score (nSPS) is 11.0. The van der Waals surface area contributed by atoms with E-state index in [1.807, 2.05) is 0 Å². The predicted octanol–water partition coefficient (Wildman–Crippen LogP) is 1.70. The molecule has 0 aliphatic heterocycles. The standard InChI is InChI=1S/C10H10F3N3O4/c1-14-20-9(17)5-15-7-3-2-6(10(11,12)13)4-8(7)16(18)19/h2-4,14-15H,5H2,1H3. The first-order valence-electron chi connectivity index (χ1n) is 5.21. The van der Waals surface area contributed by atoms with E-state index in [9.17, 15) is 28.1 Å². The molecule has 0 fully saturated rings. The molecule has 1 aromatic carbocycles. The average Bonchev–Trinajstić information content (AvgIpc) is 2.35. The monoisotopic (exact) mass is 293 g/mol. The first kappa shape index (κ1) is 15.7. The lowest BCUT2D eigenvalue weighted by Gasteiger charge is -2.10. The van der Waals surface area contributed by atoms with Gasteiger partial charge in [-0.3, -0.25) is 10.1 Å². The Morgan fingerprint density at radius 1 is 1.45 bits per heavy atom. The topological polar surface area (TPSA) is 93.5 Å². The number of hydrogen-bond donors (Lipinski definition) is 2. The smallest absolute Gasteiger partial charge is 0.369 e. The highest BCUT2D eigenvalue weighted by Gasteiger charge is 2.33. The van der Waals surface area contributed by atoms with Crippen LogP contribution in [0.1, 0.15) is 5.56 Å². The fourth-order valence-corrected chi connectivity index (χ4v) is 1.33. The van der Waals surface area contributed by atoms with Crippen LogP contribution >= 0.6 is 0 Å². The summed E-state index contributed by atoms with van der Waals surface area (Å²) in [4.78, 5) is 25.1. The van der Waals surface area contributed by atoms with Gasteiger partial charge in [-0.25, -0.2) is 4.79 Å². The third-order valence-electron chi connectivity index (χ3n) is 2.16. The molecule has 0 saturated heterocycles. The first-order valence-corrected chi connectivity index (χ1v) is 5.21. The number of carbonyl (C=O) groups is 1. The maximum Gasteiger partial charge on any atom is 0.416 e. The van der Waals surface area contributed by atoms with Crippen LogP contribution in [0.4, 0.5) is 24.5 Å². The van der Waals surface area contributed by atoms with Gasteiger partial charge in [-0.1, -0.05) is 0 Å². The molecule has 110 valence electrons. The summed E-state index contributed by atoms with van der Waals surface area (Å²) in [7, 11) is 1.33. The van der Waals surface area contributed by atoms with Gasteiger partial charge in [0.25, 0.3) is 5.69 Å². The third kappa shape index (κ3) is 4.09. The molecular weight excluding hydrogens is 283 g/mol. The summed E-state index contributed by atoms with van der Waals surface area (Å²) < 4.78 is 37.4. The molecule has 0 spiro atoms. The zero-order valence-electron chi connectivity index (χ0n) is 10.2. The Morgan fingerprint density at radius 2 is 2.10 bits per heavy atom. The second kappa shape index (κ2) is 6.19. The second-order valence-corrected chi connectivity index (χ2v) is 3.52. The van der Waals surface area contributed by atoms with Crippen LogP contribution in [0, 0.1) is 10.1 Å². The molecule has 10 heteroatoms. The number of benzene rings is 1. The molecule has 0 saturated carbocycles. The number of alkyl halides is 3. The van der Waals surface area contributed by atoms with Crippen molar-refractivity contribution < 1.29 is 27.7 Å². The molecule has 20 heavy (non-hydrogen) atoms. The summed E-state index contributed by atoms with van der Waals surface area (Å²) in [6, 6.07) is 1.96. The van der Waals surface area contributed by atoms with Gasteiger partial charge in [0.15, 0.2) is 0 Å². The van der Waals surface area contributed by atoms with Gasteiger partial charge in [0.05, 0.1) is 10.5 Å². The number of nitro groups is 1. The Kier molecular flexibility index (Phi) is 4.86. The van der Waals surface area contributed by atoms with E-state index in [1.165, 1.54) is 7.05 Å². The van der Waals surface area contributed by atoms with Crippen LogP contribution in [0.25, 0.3) is 0 Å². The van der Waals surface area contributed by atoms with Crippen LogP contribution in [0.15, 0.2) is 18.2 Å². The van der Waals surface area contributed by atoms with E-state index in [2.05, 4.69) is 15.6 Å². The van der Waals surface area contributed by atoms with Crippen molar-refractivity contribution in [2.75, 3.05) is 18.9 Å². The molecular formula is C10H10F3N3O4. The SMILES string of the molecule is CNOC(=O)CNc1ccc(C(F)(F)F)cc1[N+](=O)[O-]. The van der Waals surface area contributed by atoms with Gasteiger partial charge >= 0.3 is 12.1 Å². The number of nitrogens with one attached hydrogen (secondary N) is 2. The van der Waals surface area contributed by atoms with Gasteiger partial charge in [-0.2, -0.15) is 18.7 Å². The molecule has 0 radical (unpaired) electrons. The van der Waals surface area contributed by atoms with Gasteiger partial charge in [0.2, 0.25) is 0 Å². The maximum absolute atomic E-state index is 12.5. The number of halogens is 3. The van der Waals surface area contributed by atoms with Crippen LogP contribution < -0.4 is 10.8 Å². The Bertz CT molecular complexity index is 519. The largest absolute Gasteiger partial charge is 0.416 e. The zero-order valence-corrected chi connectivity index (χ0v) is 10.2. The van der Waals surface area contributed by atoms with E-state index in [0.29, 0.717) is 12.1 Å². The van der Waals surface area contributed by atoms with Crippen LogP contribution in [-0.4, -0.2) is 24.5 Å². The number of nitrogens with zero attached hydrogens (tertiary/aromatic N) is 1. The number of nitro benzene ring substituents is 1. The summed E-state index contributed by atoms with van der Waals surface area (Å²) in [5.74, 6) is -0.776. The van der Waals surface area contributed by atoms with Crippen molar-refractivity contribution in [2.24, 2.45) is 0 Å². The van der Waals surface area contributed by atoms with Crippen molar-refractivity contribution in [3.8, 4) is 0 Å². The highest BCUT2D eigenvalue weighted by atomic mass is 19.4. The fraction of sp³-hybridized carbons (Fsp3) is 0.300. The van der Waals surface area contributed by atoms with Crippen LogP contribution in [-0.2, 0) is 15.8 Å². The van der Waals surface area contributed by atoms with Crippen molar-refractivity contribution in [3.05, 3.63) is 33.9 Å². The van der Waals surface area contributed by atoms with Crippen LogP contribution in [0.3, 0.4) is 0 Å². The van der Waals surface area contributed by atoms with Gasteiger partial charge < -0.3 is 10.2 Å². The lowest BCUT2D eigenvalue weighted by atomic mass is 10.1. The lowest BCUT2D eigenvalue weighted by Crippen LogP contribution is -2.22. The molecule has 7 nitrogen and oxygen atoms in total. The number of rotatable bonds is 5. The molecule has 0 atom stereocenters. The van der Waals surface area contributed by atoms with E-state index in [4.69, 9.17) is 0 Å². The quantitative estimate of drug-likeness (QED) is 0.634. The molecule has 0 aliphatic carbocycles. The molecule has 2 N–H and O–H groups in total. The van der Waals surface area contributed by atoms with Crippen LogP contribution in [0.2, 0.25) is 0 Å². The minimum atomic E-state index is -4.69. The molecule has 0 aromatic heterocycles. The predicted molar refractivity (Wildman–Crippen MR) is 61.7 cm³/mol. The molecule has 0 bridgehead atoms. The van der Waals surface area contributed by atoms with Gasteiger partial charge in [0, 0.05) is 13.1 Å². The summed E-state index contributed by atoms with van der Waals surface area (Å²) in [6.07, 6.45) is -4.69. The third-order valence-corrected chi connectivity index (χ3v) is 2.16. The van der Waals surface area contributed by atoms with E-state index < -0.39 is 34.9 Å². The van der Waals surface area contributed by atoms with Crippen molar-refractivity contribution in [2.45, 2.75) is 6.18 Å². The van der Waals surface area contributed by atoms with Crippen LogP contribution in [0.5, 0.6) is 0 Å². The number of anilines is 1. The Hall–Kier alpha value is -2.36. The summed E-state index contributed by atoms with van der Waals surface area (Å²) in [6.45, 7) is -0.437. The van der Waals surface area contributed by atoms with E-state index in [1.54, 1.807) is 0 Å². The van der Waals surface area contributed by atoms with Crippen molar-refractivity contribution >= 4 is 17.3 Å². The van der Waals surface area contributed by atoms with Crippen molar-refractivity contribution in [1.82, 2.24) is 5.48 Å². The number of carbonyl (C=O) groups excluding carboxylic acids is 1. The highest BCUT2D eigenvalue weighted by molar-refractivity contribution is 5.76. The Labute approximate surface area is 110 Å². The molecule has 1 rings (SSSR count). The summed E-state index contributed by atoms with van der Waals surface area (Å²) in [5.41, 5.74) is -0.0403. The zero-order chi connectivity index (χ0) is 15.3. The molecule has 1 aromatic rings. The molecule has 0 aliphatic rings. The molecule has 0 unspecified atom stereocenters. The second-order valence-electron chi connectivity index (χ2n) is 3.52. The minimum Gasteiger partial charge on any atom is -0.369 e. The summed E-state index contributed by atoms with van der Waals surface area (Å²) in [5, 5.41) is 13.1. The fourth-order valence-electron chi connectivity index (χ4n) is 1.33. The number of hydrogen-bond acceptors (Lipinski definition) is 6.